The number of aliphatic imine (C=N–C) groups is 1. The topological polar surface area (TPSA) is 106 Å². The van der Waals surface area contributed by atoms with Crippen molar-refractivity contribution in [2.24, 2.45) is 16.5 Å². The predicted molar refractivity (Wildman–Crippen MR) is 49.4 cm³/mol. The number of hydrogen-bond acceptors (Lipinski definition) is 3. The van der Waals surface area contributed by atoms with Crippen molar-refractivity contribution in [2.75, 3.05) is 0 Å². The van der Waals surface area contributed by atoms with E-state index in [4.69, 9.17) is 11.5 Å². The monoisotopic (exact) mass is 176 g/mol. The number of fused-ring (bicyclic) bond motifs is 1. The Hall–Kier alpha value is -2.11. The molecule has 0 spiro atoms. The minimum Gasteiger partial charge on any atom is -0.370 e. The number of hydrogen-bond donors (Lipinski definition) is 3. The van der Waals surface area contributed by atoms with Crippen molar-refractivity contribution in [3.8, 4) is 0 Å². The molecule has 6 heteroatoms. The summed E-state index contributed by atoms with van der Waals surface area (Å²) in [4.78, 5) is 7.88. The molecule has 0 aromatic carbocycles. The standard InChI is InChI=1S/C7H8N6/c8-7(9)11-6-4-2-1-3-10-5(4)12-13-6/h1-3H,(H5,8,9,10,11,12,13). The average molecular weight is 176 g/mol. The molecular weight excluding hydrogens is 168 g/mol. The van der Waals surface area contributed by atoms with Crippen molar-refractivity contribution < 1.29 is 0 Å². The molecule has 0 fully saturated rings. The van der Waals surface area contributed by atoms with Crippen molar-refractivity contribution in [3.63, 3.8) is 0 Å². The predicted octanol–water partition coefficient (Wildman–Crippen LogP) is -0.137. The maximum Gasteiger partial charge on any atom is 0.192 e. The number of aromatic nitrogens is 3. The molecule has 5 N–H and O–H groups in total. The van der Waals surface area contributed by atoms with Crippen LogP contribution >= 0.6 is 0 Å². The van der Waals surface area contributed by atoms with Crippen LogP contribution in [0.5, 0.6) is 0 Å². The highest BCUT2D eigenvalue weighted by molar-refractivity contribution is 5.89. The summed E-state index contributed by atoms with van der Waals surface area (Å²) in [7, 11) is 0. The molecule has 0 saturated heterocycles. The Morgan fingerprint density at radius 3 is 3.08 bits per heavy atom. The maximum atomic E-state index is 5.23. The van der Waals surface area contributed by atoms with E-state index in [0.717, 1.165) is 5.39 Å². The molecule has 2 aromatic heterocycles. The Kier molecular flexibility index (Phi) is 1.59. The number of guanidine groups is 1. The minimum atomic E-state index is -0.00518. The maximum absolute atomic E-state index is 5.23. The first kappa shape index (κ1) is 7.53. The van der Waals surface area contributed by atoms with Gasteiger partial charge in [0, 0.05) is 6.20 Å². The lowest BCUT2D eigenvalue weighted by atomic mass is 10.3. The van der Waals surface area contributed by atoms with Crippen LogP contribution in [0.2, 0.25) is 0 Å². The number of nitrogens with zero attached hydrogens (tertiary/aromatic N) is 3. The van der Waals surface area contributed by atoms with Gasteiger partial charge in [0.15, 0.2) is 17.4 Å². The highest BCUT2D eigenvalue weighted by Gasteiger charge is 2.03. The molecule has 0 aliphatic heterocycles. The van der Waals surface area contributed by atoms with Crippen LogP contribution in [0, 0.1) is 0 Å². The van der Waals surface area contributed by atoms with Crippen LogP contribution in [0.3, 0.4) is 0 Å². The minimum absolute atomic E-state index is 0.00518. The lowest BCUT2D eigenvalue weighted by Crippen LogP contribution is -2.21. The zero-order valence-electron chi connectivity index (χ0n) is 6.73. The van der Waals surface area contributed by atoms with E-state index in [1.807, 2.05) is 6.07 Å². The summed E-state index contributed by atoms with van der Waals surface area (Å²) in [6, 6.07) is 3.64. The zero-order chi connectivity index (χ0) is 9.26. The Morgan fingerprint density at radius 1 is 1.46 bits per heavy atom. The Labute approximate surface area is 73.7 Å². The molecule has 0 amide bonds. The molecule has 66 valence electrons. The van der Waals surface area contributed by atoms with E-state index in [2.05, 4.69) is 20.2 Å². The molecule has 0 aliphatic carbocycles. The summed E-state index contributed by atoms with van der Waals surface area (Å²) in [5.41, 5.74) is 11.1. The number of nitrogens with one attached hydrogen (secondary N) is 1. The first-order valence-electron chi connectivity index (χ1n) is 3.66. The van der Waals surface area contributed by atoms with Crippen LogP contribution < -0.4 is 11.5 Å². The summed E-state index contributed by atoms with van der Waals surface area (Å²) in [6.07, 6.45) is 1.66. The zero-order valence-corrected chi connectivity index (χ0v) is 6.73. The van der Waals surface area contributed by atoms with Crippen molar-refractivity contribution in [3.05, 3.63) is 18.3 Å². The van der Waals surface area contributed by atoms with Crippen molar-refractivity contribution in [2.45, 2.75) is 0 Å². The molecule has 2 heterocycles. The number of aromatic amines is 1. The third-order valence-electron chi connectivity index (χ3n) is 1.55. The van der Waals surface area contributed by atoms with E-state index < -0.39 is 0 Å². The molecule has 0 radical (unpaired) electrons. The molecule has 6 nitrogen and oxygen atoms in total. The smallest absolute Gasteiger partial charge is 0.192 e. The molecule has 13 heavy (non-hydrogen) atoms. The normalized spacial score (nSPS) is 10.2. The number of rotatable bonds is 1. The largest absolute Gasteiger partial charge is 0.370 e. The van der Waals surface area contributed by atoms with Gasteiger partial charge >= 0.3 is 0 Å². The lowest BCUT2D eigenvalue weighted by Gasteiger charge is -1.89. The van der Waals surface area contributed by atoms with Gasteiger partial charge in [-0.3, -0.25) is 5.10 Å². The fourth-order valence-electron chi connectivity index (χ4n) is 1.05. The summed E-state index contributed by atoms with van der Waals surface area (Å²) in [5, 5.41) is 7.40. The van der Waals surface area contributed by atoms with E-state index in [1.54, 1.807) is 12.3 Å². The van der Waals surface area contributed by atoms with Crippen molar-refractivity contribution >= 4 is 22.8 Å². The quantitative estimate of drug-likeness (QED) is 0.415. The SMILES string of the molecule is NC(N)=Nc1[nH]nc2ncccc12. The summed E-state index contributed by atoms with van der Waals surface area (Å²) in [5.74, 6) is 0.525. The lowest BCUT2D eigenvalue weighted by molar-refractivity contribution is 1.09. The first-order chi connectivity index (χ1) is 6.27. The van der Waals surface area contributed by atoms with Gasteiger partial charge in [-0.05, 0) is 12.1 Å². The van der Waals surface area contributed by atoms with Crippen LogP contribution in [-0.4, -0.2) is 21.1 Å². The highest BCUT2D eigenvalue weighted by Crippen LogP contribution is 2.19. The fourth-order valence-corrected chi connectivity index (χ4v) is 1.05. The average Bonchev–Trinajstić information content (AvgIpc) is 2.48. The molecule has 2 aromatic rings. The van der Waals surface area contributed by atoms with Crippen LogP contribution in [0.1, 0.15) is 0 Å². The summed E-state index contributed by atoms with van der Waals surface area (Å²) >= 11 is 0. The third-order valence-corrected chi connectivity index (χ3v) is 1.55. The fraction of sp³-hybridized carbons (Fsp3) is 0. The van der Waals surface area contributed by atoms with Crippen LogP contribution in [-0.2, 0) is 0 Å². The second-order valence-corrected chi connectivity index (χ2v) is 2.48. The van der Waals surface area contributed by atoms with E-state index in [0.29, 0.717) is 11.5 Å². The summed E-state index contributed by atoms with van der Waals surface area (Å²) in [6.45, 7) is 0. The van der Waals surface area contributed by atoms with Gasteiger partial charge in [-0.1, -0.05) is 0 Å². The van der Waals surface area contributed by atoms with Crippen molar-refractivity contribution in [1.29, 1.82) is 0 Å². The van der Waals surface area contributed by atoms with Gasteiger partial charge in [0.1, 0.15) is 0 Å². The summed E-state index contributed by atoms with van der Waals surface area (Å²) < 4.78 is 0. The van der Waals surface area contributed by atoms with Gasteiger partial charge in [0.2, 0.25) is 0 Å². The number of pyridine rings is 1. The second kappa shape index (κ2) is 2.74. The van der Waals surface area contributed by atoms with E-state index in [1.165, 1.54) is 0 Å². The van der Waals surface area contributed by atoms with Crippen LogP contribution in [0.25, 0.3) is 11.0 Å². The first-order valence-corrected chi connectivity index (χ1v) is 3.66. The van der Waals surface area contributed by atoms with E-state index in [-0.39, 0.29) is 5.96 Å². The van der Waals surface area contributed by atoms with Gasteiger partial charge in [-0.2, -0.15) is 10.1 Å². The second-order valence-electron chi connectivity index (χ2n) is 2.48. The van der Waals surface area contributed by atoms with Crippen LogP contribution in [0.4, 0.5) is 5.82 Å². The number of H-pyrrole nitrogens is 1. The highest BCUT2D eigenvalue weighted by atomic mass is 15.2. The van der Waals surface area contributed by atoms with E-state index in [9.17, 15) is 0 Å². The molecular formula is C7H8N6. The van der Waals surface area contributed by atoms with Gasteiger partial charge in [0.25, 0.3) is 0 Å². The van der Waals surface area contributed by atoms with E-state index >= 15 is 0 Å². The Morgan fingerprint density at radius 2 is 2.31 bits per heavy atom. The molecule has 0 atom stereocenters. The molecule has 0 unspecified atom stereocenters. The van der Waals surface area contributed by atoms with Gasteiger partial charge < -0.3 is 11.5 Å². The Balaban J connectivity index is 2.65. The molecule has 0 saturated carbocycles. The number of nitrogens with two attached hydrogens (primary N) is 2. The van der Waals surface area contributed by atoms with Gasteiger partial charge in [-0.25, -0.2) is 4.98 Å². The molecule has 0 aliphatic rings. The van der Waals surface area contributed by atoms with Gasteiger partial charge in [0.05, 0.1) is 5.39 Å². The Bertz CT molecular complexity index is 453. The third kappa shape index (κ3) is 1.28. The van der Waals surface area contributed by atoms with Gasteiger partial charge in [-0.15, -0.1) is 0 Å². The van der Waals surface area contributed by atoms with Crippen molar-refractivity contribution in [1.82, 2.24) is 15.2 Å². The van der Waals surface area contributed by atoms with Crippen LogP contribution in [0.15, 0.2) is 23.3 Å². The molecule has 0 bridgehead atoms. The molecule has 2 rings (SSSR count).